The zero-order chi connectivity index (χ0) is 13.9. The molecule has 0 aliphatic carbocycles. The lowest BCUT2D eigenvalue weighted by molar-refractivity contribution is -0.147. The second-order valence-corrected chi connectivity index (χ2v) is 4.96. The lowest BCUT2D eigenvalue weighted by Crippen LogP contribution is -2.47. The minimum Gasteiger partial charge on any atom is -0.468 e. The van der Waals surface area contributed by atoms with Crippen LogP contribution in [0.15, 0.2) is 36.5 Å². The van der Waals surface area contributed by atoms with Gasteiger partial charge in [-0.25, -0.2) is 0 Å². The smallest absolute Gasteiger partial charge is 0.325 e. The molecule has 1 aromatic heterocycles. The summed E-state index contributed by atoms with van der Waals surface area (Å²) in [6.45, 7) is 4.17. The lowest BCUT2D eigenvalue weighted by Gasteiger charge is -2.23. The molecule has 0 unspecified atom stereocenters. The SMILES string of the molecule is COC(=O)C(C)(C)NCc1cccc2cccnc12. The molecule has 2 rings (SSSR count). The molecule has 1 N–H and O–H groups in total. The standard InChI is InChI=1S/C15H18N2O2/c1-15(2,14(18)19-3)17-10-12-7-4-6-11-8-5-9-16-13(11)12/h4-9,17H,10H2,1-3H3. The van der Waals surface area contributed by atoms with Gasteiger partial charge in [-0.3, -0.25) is 15.1 Å². The molecular formula is C15H18N2O2. The van der Waals surface area contributed by atoms with Gasteiger partial charge in [-0.2, -0.15) is 0 Å². The van der Waals surface area contributed by atoms with Gasteiger partial charge in [-0.1, -0.05) is 24.3 Å². The van der Waals surface area contributed by atoms with Crippen LogP contribution in [0.25, 0.3) is 10.9 Å². The Bertz CT molecular complexity index is 588. The van der Waals surface area contributed by atoms with Gasteiger partial charge in [0.05, 0.1) is 12.6 Å². The van der Waals surface area contributed by atoms with E-state index < -0.39 is 5.54 Å². The number of hydrogen-bond acceptors (Lipinski definition) is 4. The topological polar surface area (TPSA) is 51.2 Å². The normalized spacial score (nSPS) is 11.5. The second kappa shape index (κ2) is 5.36. The van der Waals surface area contributed by atoms with E-state index >= 15 is 0 Å². The van der Waals surface area contributed by atoms with E-state index in [1.165, 1.54) is 7.11 Å². The van der Waals surface area contributed by atoms with Gasteiger partial charge >= 0.3 is 5.97 Å². The fourth-order valence-corrected chi connectivity index (χ4v) is 1.95. The van der Waals surface area contributed by atoms with Crippen molar-refractivity contribution in [2.45, 2.75) is 25.9 Å². The van der Waals surface area contributed by atoms with Crippen LogP contribution in [0.4, 0.5) is 0 Å². The summed E-state index contributed by atoms with van der Waals surface area (Å²) in [6.07, 6.45) is 1.78. The minimum atomic E-state index is -0.717. The Balaban J connectivity index is 2.21. The van der Waals surface area contributed by atoms with Crippen LogP contribution in [-0.2, 0) is 16.1 Å². The highest BCUT2D eigenvalue weighted by atomic mass is 16.5. The molecule has 0 spiro atoms. The molecular weight excluding hydrogens is 240 g/mol. The number of benzene rings is 1. The largest absolute Gasteiger partial charge is 0.468 e. The van der Waals surface area contributed by atoms with Crippen LogP contribution < -0.4 is 5.32 Å². The van der Waals surface area contributed by atoms with Crippen molar-refractivity contribution < 1.29 is 9.53 Å². The maximum absolute atomic E-state index is 11.6. The predicted octanol–water partition coefficient (Wildman–Crippen LogP) is 2.28. The molecule has 0 saturated carbocycles. The summed E-state index contributed by atoms with van der Waals surface area (Å²) in [5, 5.41) is 4.30. The quantitative estimate of drug-likeness (QED) is 0.855. The van der Waals surface area contributed by atoms with Crippen LogP contribution in [0.5, 0.6) is 0 Å². The second-order valence-electron chi connectivity index (χ2n) is 4.96. The van der Waals surface area contributed by atoms with E-state index in [1.54, 1.807) is 20.0 Å². The van der Waals surface area contributed by atoms with Crippen molar-refractivity contribution in [1.82, 2.24) is 10.3 Å². The average molecular weight is 258 g/mol. The molecule has 4 nitrogen and oxygen atoms in total. The summed E-state index contributed by atoms with van der Waals surface area (Å²) in [4.78, 5) is 16.0. The molecule has 0 bridgehead atoms. The number of nitrogens with zero attached hydrogens (tertiary/aromatic N) is 1. The number of fused-ring (bicyclic) bond motifs is 1. The van der Waals surface area contributed by atoms with Crippen LogP contribution in [-0.4, -0.2) is 23.6 Å². The summed E-state index contributed by atoms with van der Waals surface area (Å²) in [6, 6.07) is 9.97. The summed E-state index contributed by atoms with van der Waals surface area (Å²) >= 11 is 0. The number of carbonyl (C=O) groups excluding carboxylic acids is 1. The highest BCUT2D eigenvalue weighted by molar-refractivity contribution is 5.82. The molecule has 0 aliphatic heterocycles. The third kappa shape index (κ3) is 2.90. The number of pyridine rings is 1. The van der Waals surface area contributed by atoms with Gasteiger partial charge in [0.25, 0.3) is 0 Å². The fourth-order valence-electron chi connectivity index (χ4n) is 1.95. The Morgan fingerprint density at radius 3 is 2.79 bits per heavy atom. The van der Waals surface area contributed by atoms with E-state index in [9.17, 15) is 4.79 Å². The Labute approximate surface area is 112 Å². The van der Waals surface area contributed by atoms with Crippen LogP contribution in [0.1, 0.15) is 19.4 Å². The monoisotopic (exact) mass is 258 g/mol. The summed E-state index contributed by atoms with van der Waals surface area (Å²) in [7, 11) is 1.39. The summed E-state index contributed by atoms with van der Waals surface area (Å²) < 4.78 is 4.77. The Hall–Kier alpha value is -1.94. The van der Waals surface area contributed by atoms with Gasteiger partial charge in [0.1, 0.15) is 5.54 Å². The van der Waals surface area contributed by atoms with E-state index in [1.807, 2.05) is 30.3 Å². The number of aromatic nitrogens is 1. The first-order valence-corrected chi connectivity index (χ1v) is 6.20. The van der Waals surface area contributed by atoms with E-state index in [-0.39, 0.29) is 5.97 Å². The van der Waals surface area contributed by atoms with Crippen molar-refractivity contribution >= 4 is 16.9 Å². The Kier molecular flexibility index (Phi) is 3.81. The average Bonchev–Trinajstić information content (AvgIpc) is 2.44. The zero-order valence-electron chi connectivity index (χ0n) is 11.4. The number of rotatable bonds is 4. The maximum Gasteiger partial charge on any atom is 0.325 e. The van der Waals surface area contributed by atoms with Gasteiger partial charge in [-0.15, -0.1) is 0 Å². The lowest BCUT2D eigenvalue weighted by atomic mass is 10.0. The van der Waals surface area contributed by atoms with Gasteiger partial charge in [-0.05, 0) is 25.5 Å². The maximum atomic E-state index is 11.6. The van der Waals surface area contributed by atoms with E-state index in [2.05, 4.69) is 10.3 Å². The van der Waals surface area contributed by atoms with Crippen molar-refractivity contribution in [1.29, 1.82) is 0 Å². The highest BCUT2D eigenvalue weighted by Crippen LogP contribution is 2.17. The predicted molar refractivity (Wildman–Crippen MR) is 74.7 cm³/mol. The summed E-state index contributed by atoms with van der Waals surface area (Å²) in [5.41, 5.74) is 1.30. The van der Waals surface area contributed by atoms with Crippen LogP contribution in [0, 0.1) is 0 Å². The number of nitrogens with one attached hydrogen (secondary N) is 1. The Morgan fingerprint density at radius 2 is 2.05 bits per heavy atom. The molecule has 1 heterocycles. The zero-order valence-corrected chi connectivity index (χ0v) is 11.4. The van der Waals surface area contributed by atoms with Gasteiger partial charge in [0.2, 0.25) is 0 Å². The third-order valence-corrected chi connectivity index (χ3v) is 3.13. The van der Waals surface area contributed by atoms with Crippen molar-refractivity contribution in [2.24, 2.45) is 0 Å². The van der Waals surface area contributed by atoms with Crippen molar-refractivity contribution in [3.8, 4) is 0 Å². The number of para-hydroxylation sites is 1. The van der Waals surface area contributed by atoms with Crippen LogP contribution >= 0.6 is 0 Å². The van der Waals surface area contributed by atoms with Crippen molar-refractivity contribution in [3.05, 3.63) is 42.1 Å². The molecule has 19 heavy (non-hydrogen) atoms. The molecule has 1 aromatic carbocycles. The number of esters is 1. The molecule has 0 atom stereocenters. The fraction of sp³-hybridized carbons (Fsp3) is 0.333. The molecule has 0 amide bonds. The molecule has 0 aliphatic rings. The third-order valence-electron chi connectivity index (χ3n) is 3.13. The number of hydrogen-bond donors (Lipinski definition) is 1. The van der Waals surface area contributed by atoms with Gasteiger partial charge in [0, 0.05) is 18.1 Å². The molecule has 0 saturated heterocycles. The van der Waals surface area contributed by atoms with Gasteiger partial charge < -0.3 is 4.74 Å². The number of ether oxygens (including phenoxy) is 1. The highest BCUT2D eigenvalue weighted by Gasteiger charge is 2.27. The molecule has 4 heteroatoms. The van der Waals surface area contributed by atoms with E-state index in [0.29, 0.717) is 6.54 Å². The Morgan fingerprint density at radius 1 is 1.32 bits per heavy atom. The minimum absolute atomic E-state index is 0.277. The molecule has 0 fully saturated rings. The molecule has 100 valence electrons. The van der Waals surface area contributed by atoms with Crippen LogP contribution in [0.3, 0.4) is 0 Å². The number of carbonyl (C=O) groups is 1. The van der Waals surface area contributed by atoms with Gasteiger partial charge in [0.15, 0.2) is 0 Å². The summed E-state index contributed by atoms with van der Waals surface area (Å²) in [5.74, 6) is -0.277. The van der Waals surface area contributed by atoms with E-state index in [4.69, 9.17) is 4.74 Å². The molecule has 2 aromatic rings. The van der Waals surface area contributed by atoms with E-state index in [0.717, 1.165) is 16.5 Å². The molecule has 0 radical (unpaired) electrons. The first-order valence-electron chi connectivity index (χ1n) is 6.20. The first kappa shape index (κ1) is 13.5. The first-order chi connectivity index (χ1) is 9.04. The van der Waals surface area contributed by atoms with Crippen LogP contribution in [0.2, 0.25) is 0 Å². The van der Waals surface area contributed by atoms with Crippen molar-refractivity contribution in [2.75, 3.05) is 7.11 Å². The number of methoxy groups -OCH3 is 1. The van der Waals surface area contributed by atoms with Crippen molar-refractivity contribution in [3.63, 3.8) is 0 Å².